The molecular formula is H5Br3O. The lowest BCUT2D eigenvalue weighted by Crippen LogP contribution is -0.289. The highest BCUT2D eigenvalue weighted by molar-refractivity contribution is 8.93. The lowest BCUT2D eigenvalue weighted by atomic mass is 16.0. The van der Waals surface area contributed by atoms with Crippen LogP contribution in [0.2, 0.25) is 0 Å². The fraction of sp³-hybridized carbons (Fsp3) is 0. The third-order valence-corrected chi connectivity index (χ3v) is 0. The van der Waals surface area contributed by atoms with E-state index in [0.29, 0.717) is 0 Å². The van der Waals surface area contributed by atoms with Crippen molar-refractivity contribution < 1.29 is 5.48 Å². The first kappa shape index (κ1) is 53.3. The second kappa shape index (κ2) is 26.0. The van der Waals surface area contributed by atoms with Gasteiger partial charge in [-0.1, -0.05) is 0 Å². The Balaban J connectivity index is 0. The van der Waals surface area contributed by atoms with Crippen LogP contribution >= 0.6 is 50.9 Å². The van der Waals surface area contributed by atoms with E-state index in [1.165, 1.54) is 0 Å². The SMILES string of the molecule is Br.Br.Br.O. The monoisotopic (exact) mass is 258 g/mol. The standard InChI is InChI=1S/3BrH.H2O/h3*1H;1H2. The minimum atomic E-state index is 0. The van der Waals surface area contributed by atoms with Crippen molar-refractivity contribution in [3.63, 3.8) is 0 Å². The first-order chi connectivity index (χ1) is 0. The average molecular weight is 261 g/mol. The van der Waals surface area contributed by atoms with Crippen LogP contribution in [0.1, 0.15) is 0 Å². The molecule has 0 atom stereocenters. The van der Waals surface area contributed by atoms with Gasteiger partial charge in [-0.05, 0) is 0 Å². The Morgan fingerprint density at radius 1 is 0.500 bits per heavy atom. The fourth-order valence-corrected chi connectivity index (χ4v) is 0. The lowest BCUT2D eigenvalue weighted by Gasteiger charge is -0.412. The summed E-state index contributed by atoms with van der Waals surface area (Å²) in [6, 6.07) is 0. The molecule has 0 fully saturated rings. The van der Waals surface area contributed by atoms with Crippen molar-refractivity contribution in [2.75, 3.05) is 0 Å². The van der Waals surface area contributed by atoms with Crippen LogP contribution in [0.5, 0.6) is 0 Å². The summed E-state index contributed by atoms with van der Waals surface area (Å²) in [5, 5.41) is 0. The van der Waals surface area contributed by atoms with Crippen molar-refractivity contribution >= 4 is 50.9 Å². The van der Waals surface area contributed by atoms with Gasteiger partial charge in [-0.3, -0.25) is 0 Å². The summed E-state index contributed by atoms with van der Waals surface area (Å²) in [5.74, 6) is 0. The molecule has 0 aromatic carbocycles. The Labute approximate surface area is 56.4 Å². The van der Waals surface area contributed by atoms with Gasteiger partial charge in [0, 0.05) is 0 Å². The fourth-order valence-electron chi connectivity index (χ4n) is 0. The molecule has 32 valence electrons. The summed E-state index contributed by atoms with van der Waals surface area (Å²) in [5.41, 5.74) is 0. The Hall–Kier alpha value is 1.40. The summed E-state index contributed by atoms with van der Waals surface area (Å²) in [6.07, 6.45) is 0. The largest absolute Gasteiger partial charge is 0.412 e. The van der Waals surface area contributed by atoms with Crippen molar-refractivity contribution in [1.82, 2.24) is 0 Å². The van der Waals surface area contributed by atoms with E-state index in [1.54, 1.807) is 0 Å². The van der Waals surface area contributed by atoms with Gasteiger partial charge < -0.3 is 5.48 Å². The van der Waals surface area contributed by atoms with Crippen LogP contribution in [0.15, 0.2) is 0 Å². The van der Waals surface area contributed by atoms with Gasteiger partial charge in [-0.15, -0.1) is 50.9 Å². The van der Waals surface area contributed by atoms with Gasteiger partial charge in [-0.2, -0.15) is 0 Å². The first-order valence-corrected chi connectivity index (χ1v) is 0. The molecule has 0 aliphatic heterocycles. The van der Waals surface area contributed by atoms with Gasteiger partial charge in [0.15, 0.2) is 0 Å². The van der Waals surface area contributed by atoms with Crippen molar-refractivity contribution in [3.05, 3.63) is 0 Å². The van der Waals surface area contributed by atoms with Gasteiger partial charge >= 0.3 is 0 Å². The van der Waals surface area contributed by atoms with Crippen molar-refractivity contribution in [3.8, 4) is 0 Å². The van der Waals surface area contributed by atoms with E-state index in [-0.39, 0.29) is 56.4 Å². The average Bonchev–Trinajstić information content (AvgIpc) is 0. The second-order valence-electron chi connectivity index (χ2n) is 0. The molecule has 2 N–H and O–H groups in total. The van der Waals surface area contributed by atoms with Gasteiger partial charge in [0.25, 0.3) is 0 Å². The van der Waals surface area contributed by atoms with Crippen LogP contribution in [0, 0.1) is 0 Å². The molecular weight excluding hydrogens is 256 g/mol. The molecule has 0 radical (unpaired) electrons. The maximum absolute atomic E-state index is 0. The van der Waals surface area contributed by atoms with Crippen molar-refractivity contribution in [2.24, 2.45) is 0 Å². The Morgan fingerprint density at radius 3 is 0.500 bits per heavy atom. The highest BCUT2D eigenvalue weighted by atomic mass is 79.9. The van der Waals surface area contributed by atoms with E-state index in [0.717, 1.165) is 0 Å². The third-order valence-electron chi connectivity index (χ3n) is 0. The second-order valence-corrected chi connectivity index (χ2v) is 0. The van der Waals surface area contributed by atoms with Gasteiger partial charge in [0.1, 0.15) is 0 Å². The predicted molar refractivity (Wildman–Crippen MR) is 34.6 cm³/mol. The quantitative estimate of drug-likeness (QED) is 0.620. The predicted octanol–water partition coefficient (Wildman–Crippen LogP) is 0.909. The van der Waals surface area contributed by atoms with E-state index in [4.69, 9.17) is 0 Å². The van der Waals surface area contributed by atoms with Gasteiger partial charge in [-0.25, -0.2) is 0 Å². The zero-order chi connectivity index (χ0) is 0. The molecule has 0 aliphatic rings. The van der Waals surface area contributed by atoms with Crippen LogP contribution in [-0.2, 0) is 0 Å². The third kappa shape index (κ3) is 9.99. The van der Waals surface area contributed by atoms with Crippen LogP contribution in [0.4, 0.5) is 0 Å². The highest BCUT2D eigenvalue weighted by Crippen LogP contribution is 0.848. The molecule has 0 rings (SSSR count). The number of hydrogen-bond donors (Lipinski definition) is 0. The van der Waals surface area contributed by atoms with Crippen LogP contribution in [-0.4, -0.2) is 5.48 Å². The number of rotatable bonds is 0. The summed E-state index contributed by atoms with van der Waals surface area (Å²) in [6.45, 7) is 0. The Bertz CT molecular complexity index is 3.25. The smallest absolute Gasteiger partial charge is 0.114 e. The first-order valence-electron chi connectivity index (χ1n) is 0. The van der Waals surface area contributed by atoms with Crippen molar-refractivity contribution in [1.29, 1.82) is 0 Å². The Kier molecular flexibility index (Phi) is 346. The molecule has 0 aromatic rings. The molecule has 0 saturated carbocycles. The maximum atomic E-state index is 0. The normalized spacial score (nSPS) is 0. The van der Waals surface area contributed by atoms with E-state index in [1.807, 2.05) is 0 Å². The topological polar surface area (TPSA) is 31.5 Å². The number of hydrogen-bond acceptors (Lipinski definition) is 0. The van der Waals surface area contributed by atoms with E-state index in [2.05, 4.69) is 0 Å². The zero-order valence-corrected chi connectivity index (χ0v) is 6.86. The molecule has 0 heterocycles. The summed E-state index contributed by atoms with van der Waals surface area (Å²) >= 11 is 0. The molecule has 0 aliphatic carbocycles. The maximum Gasteiger partial charge on any atom is -0.114 e. The number of halogens is 3. The van der Waals surface area contributed by atoms with Gasteiger partial charge in [0.05, 0.1) is 0 Å². The molecule has 1 nitrogen and oxygen atoms in total. The Morgan fingerprint density at radius 2 is 0.500 bits per heavy atom. The summed E-state index contributed by atoms with van der Waals surface area (Å²) in [7, 11) is 0. The van der Waals surface area contributed by atoms with Crippen LogP contribution in [0.3, 0.4) is 0 Å². The molecule has 0 bridgehead atoms. The molecule has 0 amide bonds. The molecule has 4 heteroatoms. The minimum Gasteiger partial charge on any atom is -0.412 e. The molecule has 0 unspecified atom stereocenters. The lowest BCUT2D eigenvalue weighted by molar-refractivity contribution is 0.824. The van der Waals surface area contributed by atoms with E-state index < -0.39 is 0 Å². The van der Waals surface area contributed by atoms with Crippen LogP contribution in [0.25, 0.3) is 0 Å². The van der Waals surface area contributed by atoms with Crippen LogP contribution < -0.4 is 0 Å². The summed E-state index contributed by atoms with van der Waals surface area (Å²) in [4.78, 5) is 0. The minimum absolute atomic E-state index is 0. The van der Waals surface area contributed by atoms with E-state index >= 15 is 0 Å². The molecule has 0 aromatic heterocycles. The van der Waals surface area contributed by atoms with Gasteiger partial charge in [0.2, 0.25) is 0 Å². The molecule has 0 spiro atoms. The zero-order valence-electron chi connectivity index (χ0n) is 1.72. The molecule has 4 heavy (non-hydrogen) atoms. The summed E-state index contributed by atoms with van der Waals surface area (Å²) < 4.78 is 0. The van der Waals surface area contributed by atoms with E-state index in [9.17, 15) is 0 Å². The van der Waals surface area contributed by atoms with Crippen molar-refractivity contribution in [2.45, 2.75) is 0 Å². The highest BCUT2D eigenvalue weighted by Gasteiger charge is -0.112. The molecule has 0 saturated heterocycles.